The van der Waals surface area contributed by atoms with Gasteiger partial charge in [0.15, 0.2) is 0 Å². The Kier molecular flexibility index (Phi) is 9.27. The lowest BCUT2D eigenvalue weighted by Gasteiger charge is -2.45. The first-order valence-corrected chi connectivity index (χ1v) is 14.6. The number of amides is 1. The fraction of sp³-hybridized carbons (Fsp3) is 0.441. The Bertz CT molecular complexity index is 1060. The van der Waals surface area contributed by atoms with Crippen molar-refractivity contribution in [2.75, 3.05) is 26.2 Å². The molecule has 1 heterocycles. The molecule has 2 fully saturated rings. The highest BCUT2D eigenvalue weighted by Crippen LogP contribution is 2.39. The van der Waals surface area contributed by atoms with Crippen molar-refractivity contribution in [3.05, 3.63) is 108 Å². The van der Waals surface area contributed by atoms with Gasteiger partial charge in [0.2, 0.25) is 5.91 Å². The summed E-state index contributed by atoms with van der Waals surface area (Å²) in [6.45, 7) is 3.46. The first kappa shape index (κ1) is 26.6. The maximum absolute atomic E-state index is 12.9. The molecule has 1 aliphatic heterocycles. The van der Waals surface area contributed by atoms with Crippen molar-refractivity contribution in [3.8, 4) is 0 Å². The number of nitrogens with one attached hydrogen (secondary N) is 2. The molecule has 4 nitrogen and oxygen atoms in total. The summed E-state index contributed by atoms with van der Waals surface area (Å²) in [5.41, 5.74) is 3.98. The molecule has 0 bridgehead atoms. The van der Waals surface area contributed by atoms with Crippen LogP contribution in [0.2, 0.25) is 0 Å². The summed E-state index contributed by atoms with van der Waals surface area (Å²) >= 11 is 0. The summed E-state index contributed by atoms with van der Waals surface area (Å²) < 4.78 is 0. The van der Waals surface area contributed by atoms with E-state index in [1.807, 2.05) is 0 Å². The van der Waals surface area contributed by atoms with E-state index in [0.717, 1.165) is 32.5 Å². The number of hydrogen-bond donors (Lipinski definition) is 2. The van der Waals surface area contributed by atoms with Crippen LogP contribution in [0.25, 0.3) is 0 Å². The van der Waals surface area contributed by atoms with E-state index in [4.69, 9.17) is 0 Å². The van der Waals surface area contributed by atoms with Crippen molar-refractivity contribution in [1.29, 1.82) is 0 Å². The molecule has 1 aliphatic carbocycles. The van der Waals surface area contributed by atoms with E-state index in [-0.39, 0.29) is 17.4 Å². The largest absolute Gasteiger partial charge is 0.355 e. The molecule has 200 valence electrons. The maximum Gasteiger partial charge on any atom is 0.221 e. The van der Waals surface area contributed by atoms with Crippen LogP contribution in [-0.2, 0) is 10.2 Å². The predicted molar refractivity (Wildman–Crippen MR) is 156 cm³/mol. The van der Waals surface area contributed by atoms with Crippen molar-refractivity contribution in [2.45, 2.75) is 68.9 Å². The van der Waals surface area contributed by atoms with Crippen molar-refractivity contribution in [3.63, 3.8) is 0 Å². The molecule has 4 heteroatoms. The van der Waals surface area contributed by atoms with E-state index in [0.29, 0.717) is 19.0 Å². The number of rotatable bonds is 10. The second kappa shape index (κ2) is 13.2. The van der Waals surface area contributed by atoms with Gasteiger partial charge in [0.25, 0.3) is 0 Å². The van der Waals surface area contributed by atoms with Gasteiger partial charge >= 0.3 is 0 Å². The molecule has 3 aromatic carbocycles. The summed E-state index contributed by atoms with van der Waals surface area (Å²) in [5.74, 6) is 0.164. The van der Waals surface area contributed by atoms with Crippen LogP contribution in [0.1, 0.15) is 74.1 Å². The molecule has 3 aromatic rings. The minimum absolute atomic E-state index is 0.0395. The van der Waals surface area contributed by atoms with Crippen LogP contribution in [0.5, 0.6) is 0 Å². The molecule has 0 unspecified atom stereocenters. The highest BCUT2D eigenvalue weighted by molar-refractivity contribution is 5.76. The maximum atomic E-state index is 12.9. The van der Waals surface area contributed by atoms with E-state index >= 15 is 0 Å². The van der Waals surface area contributed by atoms with Gasteiger partial charge in [-0.3, -0.25) is 9.69 Å². The molecule has 1 saturated heterocycles. The second-order valence-corrected chi connectivity index (χ2v) is 11.2. The molecule has 0 aromatic heterocycles. The molecule has 1 saturated carbocycles. The normalized spacial score (nSPS) is 18.3. The van der Waals surface area contributed by atoms with Gasteiger partial charge in [-0.2, -0.15) is 0 Å². The number of nitrogens with zero attached hydrogens (tertiary/aromatic N) is 1. The Morgan fingerprint density at radius 2 is 1.34 bits per heavy atom. The van der Waals surface area contributed by atoms with Crippen LogP contribution in [0, 0.1) is 0 Å². The molecule has 0 atom stereocenters. The monoisotopic (exact) mass is 509 g/mol. The number of piperidine rings is 1. The molecule has 5 rings (SSSR count). The summed E-state index contributed by atoms with van der Waals surface area (Å²) in [5, 5.41) is 6.95. The topological polar surface area (TPSA) is 44.4 Å². The Morgan fingerprint density at radius 3 is 1.92 bits per heavy atom. The third-order valence-corrected chi connectivity index (χ3v) is 8.75. The van der Waals surface area contributed by atoms with E-state index in [2.05, 4.69) is 107 Å². The summed E-state index contributed by atoms with van der Waals surface area (Å²) in [6, 6.07) is 33.4. The van der Waals surface area contributed by atoms with Gasteiger partial charge < -0.3 is 10.6 Å². The highest BCUT2D eigenvalue weighted by atomic mass is 16.1. The van der Waals surface area contributed by atoms with Crippen LogP contribution in [-0.4, -0.2) is 43.0 Å². The van der Waals surface area contributed by atoms with Gasteiger partial charge in [-0.1, -0.05) is 110 Å². The van der Waals surface area contributed by atoms with Crippen molar-refractivity contribution >= 4 is 5.91 Å². The third-order valence-electron chi connectivity index (χ3n) is 8.75. The Morgan fingerprint density at radius 1 is 0.789 bits per heavy atom. The van der Waals surface area contributed by atoms with Crippen molar-refractivity contribution < 1.29 is 4.79 Å². The highest BCUT2D eigenvalue weighted by Gasteiger charge is 2.38. The molecule has 38 heavy (non-hydrogen) atoms. The molecular weight excluding hydrogens is 466 g/mol. The number of benzene rings is 3. The fourth-order valence-electron chi connectivity index (χ4n) is 6.51. The SMILES string of the molecule is O=C(CCNC1CCCCC1)NCC1(c2ccccc2)CCN(C(c2ccccc2)c2ccccc2)CC1. The predicted octanol–water partition coefficient (Wildman–Crippen LogP) is 6.24. The average molecular weight is 510 g/mol. The summed E-state index contributed by atoms with van der Waals surface area (Å²) in [4.78, 5) is 15.5. The van der Waals surface area contributed by atoms with Gasteiger partial charge in [-0.05, 0) is 55.5 Å². The molecule has 0 spiro atoms. The number of carbonyl (C=O) groups excluding carboxylic acids is 1. The zero-order valence-electron chi connectivity index (χ0n) is 22.7. The van der Waals surface area contributed by atoms with Crippen LogP contribution in [0.3, 0.4) is 0 Å². The molecule has 2 aliphatic rings. The second-order valence-electron chi connectivity index (χ2n) is 11.2. The zero-order chi connectivity index (χ0) is 26.0. The molecular formula is C34H43N3O. The van der Waals surface area contributed by atoms with Crippen LogP contribution in [0.4, 0.5) is 0 Å². The standard InChI is InChI=1S/C34H43N3O/c38-32(21-24-35-31-19-11-4-12-20-31)36-27-34(30-17-9-3-10-18-30)22-25-37(26-23-34)33(28-13-5-1-6-14-28)29-15-7-2-8-16-29/h1-3,5-10,13-18,31,33,35H,4,11-12,19-27H2,(H,36,38). The minimum Gasteiger partial charge on any atom is -0.355 e. The molecule has 0 radical (unpaired) electrons. The number of carbonyl (C=O) groups is 1. The van der Waals surface area contributed by atoms with E-state index in [9.17, 15) is 4.79 Å². The number of likely N-dealkylation sites (tertiary alicyclic amines) is 1. The van der Waals surface area contributed by atoms with Crippen LogP contribution >= 0.6 is 0 Å². The van der Waals surface area contributed by atoms with Crippen molar-refractivity contribution in [1.82, 2.24) is 15.5 Å². The Labute approximate surface area is 228 Å². The van der Waals surface area contributed by atoms with Crippen molar-refractivity contribution in [2.24, 2.45) is 0 Å². The lowest BCUT2D eigenvalue weighted by atomic mass is 9.72. The van der Waals surface area contributed by atoms with Crippen LogP contribution in [0.15, 0.2) is 91.0 Å². The molecule has 1 amide bonds. The quantitative estimate of drug-likeness (QED) is 0.340. The summed E-state index contributed by atoms with van der Waals surface area (Å²) in [6.07, 6.45) is 9.09. The third kappa shape index (κ3) is 6.73. The van der Waals surface area contributed by atoms with E-state index in [1.165, 1.54) is 48.8 Å². The number of hydrogen-bond acceptors (Lipinski definition) is 3. The summed E-state index contributed by atoms with van der Waals surface area (Å²) in [7, 11) is 0. The molecule has 2 N–H and O–H groups in total. The fourth-order valence-corrected chi connectivity index (χ4v) is 6.51. The van der Waals surface area contributed by atoms with Gasteiger partial charge in [0.05, 0.1) is 6.04 Å². The lowest BCUT2D eigenvalue weighted by molar-refractivity contribution is -0.121. The smallest absolute Gasteiger partial charge is 0.221 e. The van der Waals surface area contributed by atoms with E-state index in [1.54, 1.807) is 0 Å². The Balaban J connectivity index is 1.25. The Hall–Kier alpha value is -2.95. The van der Waals surface area contributed by atoms with Gasteiger partial charge in [-0.15, -0.1) is 0 Å². The van der Waals surface area contributed by atoms with Crippen LogP contribution < -0.4 is 10.6 Å². The first-order valence-electron chi connectivity index (χ1n) is 14.6. The van der Waals surface area contributed by atoms with E-state index < -0.39 is 0 Å². The van der Waals surface area contributed by atoms with Gasteiger partial charge in [0, 0.05) is 31.0 Å². The van der Waals surface area contributed by atoms with Gasteiger partial charge in [-0.25, -0.2) is 0 Å². The minimum atomic E-state index is -0.0395. The zero-order valence-corrected chi connectivity index (χ0v) is 22.7. The van der Waals surface area contributed by atoms with Gasteiger partial charge in [0.1, 0.15) is 0 Å². The average Bonchev–Trinajstić information content (AvgIpc) is 2.99. The first-order chi connectivity index (χ1) is 18.7. The lowest BCUT2D eigenvalue weighted by Crippen LogP contribution is -2.50.